The molecule has 0 aliphatic heterocycles. The predicted octanol–water partition coefficient (Wildman–Crippen LogP) is 3.18. The maximum Gasteiger partial charge on any atom is 0.261 e. The van der Waals surface area contributed by atoms with Crippen molar-refractivity contribution in [2.24, 2.45) is 0 Å². The lowest BCUT2D eigenvalue weighted by Gasteiger charge is -2.17. The maximum atomic E-state index is 12.2. The van der Waals surface area contributed by atoms with Gasteiger partial charge in [-0.05, 0) is 43.7 Å². The summed E-state index contributed by atoms with van der Waals surface area (Å²) in [6.45, 7) is 4.59. The molecule has 0 aliphatic carbocycles. The van der Waals surface area contributed by atoms with Crippen LogP contribution in [0.1, 0.15) is 19.4 Å². The van der Waals surface area contributed by atoms with Gasteiger partial charge in [0, 0.05) is 6.54 Å². The molecule has 0 unspecified atom stereocenters. The van der Waals surface area contributed by atoms with E-state index in [9.17, 15) is 4.79 Å². The van der Waals surface area contributed by atoms with Gasteiger partial charge in [-0.2, -0.15) is 0 Å². The number of carbonyl (C=O) groups is 1. The number of para-hydroxylation sites is 2. The lowest BCUT2D eigenvalue weighted by Crippen LogP contribution is -2.35. The molecule has 1 atom stereocenters. The monoisotopic (exact) mass is 329 g/mol. The number of hydrogen-bond donors (Lipinski definition) is 1. The van der Waals surface area contributed by atoms with E-state index in [-0.39, 0.29) is 5.91 Å². The minimum Gasteiger partial charge on any atom is -0.497 e. The van der Waals surface area contributed by atoms with E-state index in [2.05, 4.69) is 5.32 Å². The first kappa shape index (κ1) is 17.7. The Kier molecular flexibility index (Phi) is 6.49. The third-order valence-corrected chi connectivity index (χ3v) is 3.45. The van der Waals surface area contributed by atoms with Crippen LogP contribution in [-0.2, 0) is 11.3 Å². The van der Waals surface area contributed by atoms with Gasteiger partial charge in [-0.1, -0.05) is 24.3 Å². The van der Waals surface area contributed by atoms with Gasteiger partial charge in [0.15, 0.2) is 17.6 Å². The van der Waals surface area contributed by atoms with Crippen LogP contribution in [0.4, 0.5) is 0 Å². The zero-order chi connectivity index (χ0) is 17.4. The van der Waals surface area contributed by atoms with E-state index >= 15 is 0 Å². The van der Waals surface area contributed by atoms with Gasteiger partial charge in [0.05, 0.1) is 13.7 Å². The summed E-state index contributed by atoms with van der Waals surface area (Å²) in [5.74, 6) is 1.80. The molecule has 0 aliphatic rings. The second kappa shape index (κ2) is 8.82. The highest BCUT2D eigenvalue weighted by molar-refractivity contribution is 5.80. The highest BCUT2D eigenvalue weighted by Crippen LogP contribution is 2.27. The molecule has 24 heavy (non-hydrogen) atoms. The number of carbonyl (C=O) groups excluding carboxylic acids is 1. The van der Waals surface area contributed by atoms with Gasteiger partial charge >= 0.3 is 0 Å². The molecule has 0 fully saturated rings. The molecule has 0 aromatic heterocycles. The molecule has 2 aromatic rings. The lowest BCUT2D eigenvalue weighted by molar-refractivity contribution is -0.127. The van der Waals surface area contributed by atoms with Gasteiger partial charge in [0.25, 0.3) is 5.91 Å². The van der Waals surface area contributed by atoms with Crippen molar-refractivity contribution in [2.75, 3.05) is 13.7 Å². The zero-order valence-corrected chi connectivity index (χ0v) is 14.2. The van der Waals surface area contributed by atoms with Gasteiger partial charge in [-0.25, -0.2) is 0 Å². The first-order valence-electron chi connectivity index (χ1n) is 7.93. The van der Waals surface area contributed by atoms with E-state index in [1.165, 1.54) is 0 Å². The molecule has 1 amide bonds. The summed E-state index contributed by atoms with van der Waals surface area (Å²) in [5.41, 5.74) is 0.992. The van der Waals surface area contributed by atoms with Crippen molar-refractivity contribution in [3.8, 4) is 17.2 Å². The Hall–Kier alpha value is -2.69. The fourth-order valence-electron chi connectivity index (χ4n) is 2.14. The number of benzene rings is 2. The van der Waals surface area contributed by atoms with E-state index in [0.29, 0.717) is 24.7 Å². The van der Waals surface area contributed by atoms with Crippen molar-refractivity contribution in [2.45, 2.75) is 26.5 Å². The third-order valence-electron chi connectivity index (χ3n) is 3.45. The molecule has 5 nitrogen and oxygen atoms in total. The smallest absolute Gasteiger partial charge is 0.261 e. The van der Waals surface area contributed by atoms with Crippen LogP contribution < -0.4 is 19.5 Å². The second-order valence-electron chi connectivity index (χ2n) is 5.21. The van der Waals surface area contributed by atoms with E-state index in [1.54, 1.807) is 20.1 Å². The highest BCUT2D eigenvalue weighted by Gasteiger charge is 2.16. The molecular weight excluding hydrogens is 306 g/mol. The Morgan fingerprint density at radius 1 is 1.08 bits per heavy atom. The first-order chi connectivity index (χ1) is 11.6. The summed E-state index contributed by atoms with van der Waals surface area (Å²) in [5, 5.41) is 2.86. The minimum atomic E-state index is -0.621. The normalized spacial score (nSPS) is 11.5. The van der Waals surface area contributed by atoms with Gasteiger partial charge in [0.2, 0.25) is 0 Å². The number of methoxy groups -OCH3 is 1. The fourth-order valence-corrected chi connectivity index (χ4v) is 2.14. The van der Waals surface area contributed by atoms with Crippen LogP contribution in [0.25, 0.3) is 0 Å². The molecule has 2 aromatic carbocycles. The van der Waals surface area contributed by atoms with E-state index < -0.39 is 6.10 Å². The third kappa shape index (κ3) is 4.91. The largest absolute Gasteiger partial charge is 0.497 e. The topological polar surface area (TPSA) is 56.8 Å². The number of amides is 1. The summed E-state index contributed by atoms with van der Waals surface area (Å²) in [4.78, 5) is 12.2. The Bertz CT molecular complexity index is 655. The number of ether oxygens (including phenoxy) is 3. The molecule has 2 rings (SSSR count). The quantitative estimate of drug-likeness (QED) is 0.808. The van der Waals surface area contributed by atoms with Crippen molar-refractivity contribution in [1.82, 2.24) is 5.32 Å². The minimum absolute atomic E-state index is 0.183. The van der Waals surface area contributed by atoms with E-state index in [1.807, 2.05) is 49.4 Å². The molecular formula is C19H23NO4. The number of nitrogens with one attached hydrogen (secondary N) is 1. The fraction of sp³-hybridized carbons (Fsp3) is 0.316. The SMILES string of the molecule is CCOc1ccccc1O[C@H](C)C(=O)NCc1ccc(OC)cc1. The Labute approximate surface area is 142 Å². The van der Waals surface area contributed by atoms with Crippen LogP contribution >= 0.6 is 0 Å². The summed E-state index contributed by atoms with van der Waals surface area (Å²) >= 11 is 0. The predicted molar refractivity (Wildman–Crippen MR) is 92.5 cm³/mol. The van der Waals surface area contributed by atoms with Crippen LogP contribution in [0.2, 0.25) is 0 Å². The summed E-state index contributed by atoms with van der Waals surface area (Å²) in [7, 11) is 1.62. The Morgan fingerprint density at radius 2 is 1.75 bits per heavy atom. The average molecular weight is 329 g/mol. The summed E-state index contributed by atoms with van der Waals surface area (Å²) < 4.78 is 16.3. The van der Waals surface area contributed by atoms with Crippen LogP contribution in [-0.4, -0.2) is 25.7 Å². The molecule has 0 bridgehead atoms. The zero-order valence-electron chi connectivity index (χ0n) is 14.2. The average Bonchev–Trinajstić information content (AvgIpc) is 2.62. The van der Waals surface area contributed by atoms with Crippen molar-refractivity contribution < 1.29 is 19.0 Å². The van der Waals surface area contributed by atoms with Gasteiger partial charge in [0.1, 0.15) is 5.75 Å². The number of rotatable bonds is 8. The molecule has 1 N–H and O–H groups in total. The first-order valence-corrected chi connectivity index (χ1v) is 7.93. The van der Waals surface area contributed by atoms with Gasteiger partial charge < -0.3 is 19.5 Å². The van der Waals surface area contributed by atoms with Crippen molar-refractivity contribution in [1.29, 1.82) is 0 Å². The van der Waals surface area contributed by atoms with Crippen molar-refractivity contribution in [3.63, 3.8) is 0 Å². The molecule has 0 saturated heterocycles. The van der Waals surface area contributed by atoms with E-state index in [0.717, 1.165) is 11.3 Å². The van der Waals surface area contributed by atoms with Crippen LogP contribution in [0.3, 0.4) is 0 Å². The standard InChI is InChI=1S/C19H23NO4/c1-4-23-17-7-5-6-8-18(17)24-14(2)19(21)20-13-15-9-11-16(22-3)12-10-15/h5-12,14H,4,13H2,1-3H3,(H,20,21)/t14-/m1/s1. The van der Waals surface area contributed by atoms with Crippen LogP contribution in [0.5, 0.6) is 17.2 Å². The van der Waals surface area contributed by atoms with Crippen molar-refractivity contribution in [3.05, 3.63) is 54.1 Å². The maximum absolute atomic E-state index is 12.2. The van der Waals surface area contributed by atoms with Gasteiger partial charge in [-0.15, -0.1) is 0 Å². The van der Waals surface area contributed by atoms with Crippen LogP contribution in [0, 0.1) is 0 Å². The molecule has 0 radical (unpaired) electrons. The van der Waals surface area contributed by atoms with Crippen molar-refractivity contribution >= 4 is 5.91 Å². The van der Waals surface area contributed by atoms with Crippen LogP contribution in [0.15, 0.2) is 48.5 Å². The Morgan fingerprint density at radius 3 is 2.38 bits per heavy atom. The van der Waals surface area contributed by atoms with E-state index in [4.69, 9.17) is 14.2 Å². The Balaban J connectivity index is 1.90. The molecule has 0 heterocycles. The second-order valence-corrected chi connectivity index (χ2v) is 5.21. The summed E-state index contributed by atoms with van der Waals surface area (Å²) in [6.07, 6.45) is -0.621. The number of hydrogen-bond acceptors (Lipinski definition) is 4. The molecule has 0 spiro atoms. The molecule has 128 valence electrons. The molecule has 5 heteroatoms. The van der Waals surface area contributed by atoms with Gasteiger partial charge in [-0.3, -0.25) is 4.79 Å². The summed E-state index contributed by atoms with van der Waals surface area (Å²) in [6, 6.07) is 14.9. The molecule has 0 saturated carbocycles. The lowest BCUT2D eigenvalue weighted by atomic mass is 10.2. The highest BCUT2D eigenvalue weighted by atomic mass is 16.5.